The van der Waals surface area contributed by atoms with Gasteiger partial charge in [0.1, 0.15) is 0 Å². The van der Waals surface area contributed by atoms with Gasteiger partial charge in [-0.3, -0.25) is 0 Å². The average molecular weight is 318 g/mol. The maximum Gasteiger partial charge on any atom is 0.175 e. The van der Waals surface area contributed by atoms with Crippen LogP contribution < -0.4 is 5.32 Å². The van der Waals surface area contributed by atoms with E-state index in [0.717, 1.165) is 15.2 Å². The molecule has 2 atom stereocenters. The van der Waals surface area contributed by atoms with Crippen molar-refractivity contribution >= 4 is 34.9 Å². The van der Waals surface area contributed by atoms with E-state index in [4.69, 9.17) is 0 Å². The fraction of sp³-hybridized carbons (Fsp3) is 0.846. The summed E-state index contributed by atoms with van der Waals surface area (Å²) in [5, 5.41) is 12.8. The number of hydrogen-bond donors (Lipinski definition) is 1. The van der Waals surface area contributed by atoms with Crippen molar-refractivity contribution in [1.82, 2.24) is 15.5 Å². The molecule has 1 N–H and O–H groups in total. The maximum absolute atomic E-state index is 4.31. The van der Waals surface area contributed by atoms with Gasteiger partial charge in [-0.15, -0.1) is 10.2 Å². The Morgan fingerprint density at radius 1 is 1.16 bits per heavy atom. The van der Waals surface area contributed by atoms with Crippen LogP contribution in [0.5, 0.6) is 0 Å². The maximum atomic E-state index is 4.31. The SMILES string of the molecule is CCNC1CCCCCCC1Sc1nnc(SC)s1. The molecule has 0 amide bonds. The molecule has 2 rings (SSSR count). The van der Waals surface area contributed by atoms with Crippen LogP contribution in [0.4, 0.5) is 0 Å². The average Bonchev–Trinajstić information content (AvgIpc) is 2.85. The van der Waals surface area contributed by atoms with Crippen molar-refractivity contribution < 1.29 is 0 Å². The predicted octanol–water partition coefficient (Wildman–Crippen LogP) is 4.05. The van der Waals surface area contributed by atoms with Crippen molar-refractivity contribution in [3.63, 3.8) is 0 Å². The van der Waals surface area contributed by atoms with E-state index < -0.39 is 0 Å². The zero-order chi connectivity index (χ0) is 13.5. The third-order valence-electron chi connectivity index (χ3n) is 3.48. The van der Waals surface area contributed by atoms with Crippen molar-refractivity contribution in [3.05, 3.63) is 0 Å². The number of rotatable bonds is 5. The lowest BCUT2D eigenvalue weighted by Crippen LogP contribution is -2.38. The van der Waals surface area contributed by atoms with Gasteiger partial charge < -0.3 is 5.32 Å². The molecule has 3 nitrogen and oxygen atoms in total. The lowest BCUT2D eigenvalue weighted by molar-refractivity contribution is 0.406. The summed E-state index contributed by atoms with van der Waals surface area (Å²) in [4.78, 5) is 0. The minimum absolute atomic E-state index is 0.636. The van der Waals surface area contributed by atoms with E-state index in [1.807, 2.05) is 11.8 Å². The molecule has 1 fully saturated rings. The van der Waals surface area contributed by atoms with Gasteiger partial charge in [-0.2, -0.15) is 0 Å². The summed E-state index contributed by atoms with van der Waals surface area (Å²) in [6.45, 7) is 3.27. The Balaban J connectivity index is 1.99. The molecule has 0 aliphatic heterocycles. The molecular weight excluding hydrogens is 294 g/mol. The molecular formula is C13H23N3S3. The van der Waals surface area contributed by atoms with Gasteiger partial charge >= 0.3 is 0 Å². The lowest BCUT2D eigenvalue weighted by atomic mass is 9.96. The zero-order valence-corrected chi connectivity index (χ0v) is 14.2. The Bertz CT molecular complexity index is 370. The first kappa shape index (κ1) is 15.6. The molecule has 1 aliphatic carbocycles. The largest absolute Gasteiger partial charge is 0.313 e. The second-order valence-corrected chi connectivity index (χ2v) is 8.37. The number of nitrogens with zero attached hydrogens (tertiary/aromatic N) is 2. The first-order chi connectivity index (χ1) is 9.33. The number of aromatic nitrogens is 2. The fourth-order valence-electron chi connectivity index (χ4n) is 2.54. The quantitative estimate of drug-likeness (QED) is 0.829. The summed E-state index contributed by atoms with van der Waals surface area (Å²) >= 11 is 5.36. The van der Waals surface area contributed by atoms with Gasteiger partial charge in [0.05, 0.1) is 0 Å². The summed E-state index contributed by atoms with van der Waals surface area (Å²) in [6, 6.07) is 0.636. The van der Waals surface area contributed by atoms with E-state index in [-0.39, 0.29) is 0 Å². The van der Waals surface area contributed by atoms with Gasteiger partial charge in [-0.05, 0) is 25.6 Å². The van der Waals surface area contributed by atoms with E-state index in [2.05, 4.69) is 28.7 Å². The molecule has 0 spiro atoms. The Labute approximate surface area is 128 Å². The van der Waals surface area contributed by atoms with E-state index in [9.17, 15) is 0 Å². The molecule has 1 aromatic rings. The standard InChI is InChI=1S/C13H23N3S3/c1-3-14-10-8-6-4-5-7-9-11(10)18-13-16-15-12(17-2)19-13/h10-11,14H,3-9H2,1-2H3. The number of nitrogens with one attached hydrogen (secondary N) is 1. The van der Waals surface area contributed by atoms with Gasteiger partial charge in [0.2, 0.25) is 0 Å². The van der Waals surface area contributed by atoms with Crippen molar-refractivity contribution in [2.45, 2.75) is 65.4 Å². The lowest BCUT2D eigenvalue weighted by Gasteiger charge is -2.28. The van der Waals surface area contributed by atoms with Crippen molar-refractivity contribution in [2.75, 3.05) is 12.8 Å². The van der Waals surface area contributed by atoms with Crippen LogP contribution in [-0.4, -0.2) is 34.3 Å². The van der Waals surface area contributed by atoms with Gasteiger partial charge in [0, 0.05) is 11.3 Å². The van der Waals surface area contributed by atoms with Crippen LogP contribution in [0.2, 0.25) is 0 Å². The van der Waals surface area contributed by atoms with Crippen LogP contribution in [0.15, 0.2) is 8.68 Å². The summed E-state index contributed by atoms with van der Waals surface area (Å²) in [7, 11) is 0. The molecule has 0 radical (unpaired) electrons. The van der Waals surface area contributed by atoms with Gasteiger partial charge in [-0.25, -0.2) is 0 Å². The molecule has 6 heteroatoms. The molecule has 19 heavy (non-hydrogen) atoms. The second kappa shape index (κ2) is 8.49. The highest BCUT2D eigenvalue weighted by molar-refractivity contribution is 8.03. The Morgan fingerprint density at radius 3 is 2.58 bits per heavy atom. The highest BCUT2D eigenvalue weighted by Crippen LogP contribution is 2.35. The first-order valence-corrected chi connectivity index (χ1v) is 10.0. The molecule has 2 unspecified atom stereocenters. The predicted molar refractivity (Wildman–Crippen MR) is 86.5 cm³/mol. The zero-order valence-electron chi connectivity index (χ0n) is 11.7. The Kier molecular flexibility index (Phi) is 6.98. The number of hydrogen-bond acceptors (Lipinski definition) is 6. The molecule has 0 saturated heterocycles. The molecule has 1 aliphatic rings. The smallest absolute Gasteiger partial charge is 0.175 e. The normalized spacial score (nSPS) is 24.9. The van der Waals surface area contributed by atoms with Gasteiger partial charge in [-0.1, -0.05) is 67.5 Å². The van der Waals surface area contributed by atoms with Crippen LogP contribution in [0.3, 0.4) is 0 Å². The van der Waals surface area contributed by atoms with Crippen molar-refractivity contribution in [3.8, 4) is 0 Å². The molecule has 0 aromatic carbocycles. The molecule has 108 valence electrons. The summed E-state index contributed by atoms with van der Waals surface area (Å²) in [6.07, 6.45) is 10.2. The fourth-order valence-corrected chi connectivity index (χ4v) is 5.54. The van der Waals surface area contributed by atoms with Crippen LogP contribution in [0.25, 0.3) is 0 Å². The van der Waals surface area contributed by atoms with Gasteiger partial charge in [0.15, 0.2) is 8.68 Å². The van der Waals surface area contributed by atoms with E-state index in [0.29, 0.717) is 11.3 Å². The van der Waals surface area contributed by atoms with Crippen LogP contribution >= 0.6 is 34.9 Å². The highest BCUT2D eigenvalue weighted by atomic mass is 32.2. The van der Waals surface area contributed by atoms with E-state index >= 15 is 0 Å². The third-order valence-corrected chi connectivity index (χ3v) is 6.87. The minimum atomic E-state index is 0.636. The Morgan fingerprint density at radius 2 is 1.89 bits per heavy atom. The van der Waals surface area contributed by atoms with E-state index in [1.165, 1.54) is 38.5 Å². The molecule has 0 bridgehead atoms. The van der Waals surface area contributed by atoms with Crippen LogP contribution in [0, 0.1) is 0 Å². The molecule has 1 aromatic heterocycles. The summed E-state index contributed by atoms with van der Waals surface area (Å²) < 4.78 is 2.21. The first-order valence-electron chi connectivity index (χ1n) is 7.11. The van der Waals surface area contributed by atoms with Gasteiger partial charge in [0.25, 0.3) is 0 Å². The third kappa shape index (κ3) is 4.92. The number of thioether (sulfide) groups is 2. The summed E-state index contributed by atoms with van der Waals surface area (Å²) in [5.74, 6) is 0. The second-order valence-electron chi connectivity index (χ2n) is 4.85. The monoisotopic (exact) mass is 317 g/mol. The highest BCUT2D eigenvalue weighted by Gasteiger charge is 2.24. The molecule has 1 saturated carbocycles. The minimum Gasteiger partial charge on any atom is -0.313 e. The molecule has 1 heterocycles. The van der Waals surface area contributed by atoms with E-state index in [1.54, 1.807) is 23.1 Å². The van der Waals surface area contributed by atoms with Crippen LogP contribution in [0.1, 0.15) is 45.4 Å². The van der Waals surface area contributed by atoms with Crippen LogP contribution in [-0.2, 0) is 0 Å². The van der Waals surface area contributed by atoms with Crippen molar-refractivity contribution in [2.24, 2.45) is 0 Å². The topological polar surface area (TPSA) is 37.8 Å². The van der Waals surface area contributed by atoms with Crippen molar-refractivity contribution in [1.29, 1.82) is 0 Å². The summed E-state index contributed by atoms with van der Waals surface area (Å²) in [5.41, 5.74) is 0. The Hall–Kier alpha value is 0.220.